The highest BCUT2D eigenvalue weighted by Gasteiger charge is 2.09. The second-order valence-electron chi connectivity index (χ2n) is 5.16. The van der Waals surface area contributed by atoms with Gasteiger partial charge in [0, 0.05) is 24.8 Å². The number of hydrogen-bond acceptors (Lipinski definition) is 3. The third kappa shape index (κ3) is 3.72. The summed E-state index contributed by atoms with van der Waals surface area (Å²) in [5, 5.41) is 10.3. The van der Waals surface area contributed by atoms with Crippen molar-refractivity contribution in [2.45, 2.75) is 19.9 Å². The molecule has 1 amide bonds. The SMILES string of the molecule is C=CC(=O)Nc1cc(-c2cnn(C)c2)ccc1NC(C)C. The van der Waals surface area contributed by atoms with Crippen LogP contribution in [-0.4, -0.2) is 21.7 Å². The normalized spacial score (nSPS) is 10.5. The summed E-state index contributed by atoms with van der Waals surface area (Å²) in [7, 11) is 1.87. The van der Waals surface area contributed by atoms with Crippen LogP contribution in [0.1, 0.15) is 13.8 Å². The number of nitrogens with zero attached hydrogens (tertiary/aromatic N) is 2. The van der Waals surface area contributed by atoms with Crippen molar-refractivity contribution in [1.29, 1.82) is 0 Å². The van der Waals surface area contributed by atoms with Crippen LogP contribution in [-0.2, 0) is 11.8 Å². The van der Waals surface area contributed by atoms with E-state index in [0.717, 1.165) is 22.5 Å². The summed E-state index contributed by atoms with van der Waals surface area (Å²) >= 11 is 0. The molecule has 2 N–H and O–H groups in total. The number of aryl methyl sites for hydroxylation is 1. The van der Waals surface area contributed by atoms with E-state index < -0.39 is 0 Å². The van der Waals surface area contributed by atoms with E-state index in [0.29, 0.717) is 0 Å². The van der Waals surface area contributed by atoms with Crippen molar-refractivity contribution >= 4 is 17.3 Å². The molecule has 0 atom stereocenters. The Morgan fingerprint density at radius 3 is 2.67 bits per heavy atom. The predicted octanol–water partition coefficient (Wildman–Crippen LogP) is 3.03. The zero-order valence-electron chi connectivity index (χ0n) is 12.6. The highest BCUT2D eigenvalue weighted by atomic mass is 16.1. The molecule has 0 saturated carbocycles. The number of amides is 1. The van der Waals surface area contributed by atoms with Crippen LogP contribution >= 0.6 is 0 Å². The van der Waals surface area contributed by atoms with Gasteiger partial charge in [-0.25, -0.2) is 0 Å². The molecule has 0 radical (unpaired) electrons. The van der Waals surface area contributed by atoms with Crippen molar-refractivity contribution in [2.24, 2.45) is 7.05 Å². The fraction of sp³-hybridized carbons (Fsp3) is 0.250. The number of benzene rings is 1. The Morgan fingerprint density at radius 2 is 2.10 bits per heavy atom. The zero-order chi connectivity index (χ0) is 15.4. The molecule has 1 heterocycles. The van der Waals surface area contributed by atoms with Crippen LogP contribution in [0.3, 0.4) is 0 Å². The molecule has 0 unspecified atom stereocenters. The van der Waals surface area contributed by atoms with Crippen LogP contribution in [0, 0.1) is 0 Å². The Hall–Kier alpha value is -2.56. The van der Waals surface area contributed by atoms with Crippen LogP contribution < -0.4 is 10.6 Å². The molecule has 0 aliphatic heterocycles. The van der Waals surface area contributed by atoms with Gasteiger partial charge in [0.25, 0.3) is 0 Å². The van der Waals surface area contributed by atoms with E-state index in [1.165, 1.54) is 6.08 Å². The second-order valence-corrected chi connectivity index (χ2v) is 5.16. The molecule has 0 saturated heterocycles. The van der Waals surface area contributed by atoms with E-state index >= 15 is 0 Å². The first-order valence-electron chi connectivity index (χ1n) is 6.82. The van der Waals surface area contributed by atoms with Crippen molar-refractivity contribution in [3.63, 3.8) is 0 Å². The van der Waals surface area contributed by atoms with E-state index in [9.17, 15) is 4.79 Å². The van der Waals surface area contributed by atoms with Crippen LogP contribution in [0.5, 0.6) is 0 Å². The minimum Gasteiger partial charge on any atom is -0.381 e. The first kappa shape index (κ1) is 14.8. The van der Waals surface area contributed by atoms with Crippen molar-refractivity contribution in [1.82, 2.24) is 9.78 Å². The molecule has 2 rings (SSSR count). The van der Waals surface area contributed by atoms with Gasteiger partial charge in [-0.05, 0) is 37.6 Å². The molecule has 0 aliphatic carbocycles. The van der Waals surface area contributed by atoms with E-state index in [1.807, 2.05) is 45.3 Å². The lowest BCUT2D eigenvalue weighted by Gasteiger charge is -2.16. The highest BCUT2D eigenvalue weighted by molar-refractivity contribution is 6.01. The second kappa shape index (κ2) is 6.26. The van der Waals surface area contributed by atoms with Gasteiger partial charge in [0.2, 0.25) is 5.91 Å². The number of rotatable bonds is 5. The Morgan fingerprint density at radius 1 is 1.33 bits per heavy atom. The molecule has 21 heavy (non-hydrogen) atoms. The standard InChI is InChI=1S/C16H20N4O/c1-5-16(21)19-15-8-12(13-9-17-20(4)10-13)6-7-14(15)18-11(2)3/h5-11,18H,1H2,2-4H3,(H,19,21). The predicted molar refractivity (Wildman–Crippen MR) is 86.2 cm³/mol. The summed E-state index contributed by atoms with van der Waals surface area (Å²) in [5.41, 5.74) is 3.61. The molecule has 5 nitrogen and oxygen atoms in total. The molecule has 1 aromatic heterocycles. The summed E-state index contributed by atoms with van der Waals surface area (Å²) in [6.07, 6.45) is 4.99. The Labute approximate surface area is 124 Å². The maximum atomic E-state index is 11.6. The third-order valence-electron chi connectivity index (χ3n) is 2.95. The lowest BCUT2D eigenvalue weighted by molar-refractivity contribution is -0.111. The molecule has 2 aromatic rings. The summed E-state index contributed by atoms with van der Waals surface area (Å²) in [6, 6.07) is 6.17. The minimum absolute atomic E-state index is 0.231. The van der Waals surface area contributed by atoms with Crippen molar-refractivity contribution in [3.8, 4) is 11.1 Å². The maximum absolute atomic E-state index is 11.6. The molecular weight excluding hydrogens is 264 g/mol. The zero-order valence-corrected chi connectivity index (χ0v) is 12.6. The number of carbonyl (C=O) groups excluding carboxylic acids is 1. The first-order valence-corrected chi connectivity index (χ1v) is 6.82. The lowest BCUT2D eigenvalue weighted by Crippen LogP contribution is -2.14. The van der Waals surface area contributed by atoms with Crippen LogP contribution in [0.25, 0.3) is 11.1 Å². The van der Waals surface area contributed by atoms with Gasteiger partial charge in [-0.15, -0.1) is 0 Å². The number of nitrogens with one attached hydrogen (secondary N) is 2. The van der Waals surface area contributed by atoms with E-state index in [1.54, 1.807) is 10.9 Å². The van der Waals surface area contributed by atoms with Gasteiger partial charge in [0.15, 0.2) is 0 Å². The maximum Gasteiger partial charge on any atom is 0.247 e. The molecule has 0 aliphatic rings. The Bertz CT molecular complexity index is 658. The smallest absolute Gasteiger partial charge is 0.247 e. The van der Waals surface area contributed by atoms with Gasteiger partial charge in [-0.3, -0.25) is 9.48 Å². The summed E-state index contributed by atoms with van der Waals surface area (Å²) < 4.78 is 1.75. The van der Waals surface area contributed by atoms with Gasteiger partial charge < -0.3 is 10.6 Å². The Balaban J connectivity index is 2.39. The van der Waals surface area contributed by atoms with Crippen LogP contribution in [0.4, 0.5) is 11.4 Å². The fourth-order valence-electron chi connectivity index (χ4n) is 2.02. The van der Waals surface area contributed by atoms with E-state index in [2.05, 4.69) is 22.3 Å². The topological polar surface area (TPSA) is 59.0 Å². The minimum atomic E-state index is -0.231. The molecule has 0 bridgehead atoms. The first-order chi connectivity index (χ1) is 9.99. The average Bonchev–Trinajstić information content (AvgIpc) is 2.86. The summed E-state index contributed by atoms with van der Waals surface area (Å²) in [4.78, 5) is 11.6. The number of aromatic nitrogens is 2. The molecular formula is C16H20N4O. The monoisotopic (exact) mass is 284 g/mol. The van der Waals surface area contributed by atoms with E-state index in [4.69, 9.17) is 0 Å². The van der Waals surface area contributed by atoms with Gasteiger partial charge in [-0.1, -0.05) is 12.6 Å². The third-order valence-corrected chi connectivity index (χ3v) is 2.95. The largest absolute Gasteiger partial charge is 0.381 e. The number of anilines is 2. The van der Waals surface area contributed by atoms with Crippen LogP contribution in [0.15, 0.2) is 43.2 Å². The van der Waals surface area contributed by atoms with Gasteiger partial charge >= 0.3 is 0 Å². The lowest BCUT2D eigenvalue weighted by atomic mass is 10.1. The molecule has 1 aromatic carbocycles. The Kier molecular flexibility index (Phi) is 4.42. The summed E-state index contributed by atoms with van der Waals surface area (Å²) in [5.74, 6) is -0.231. The van der Waals surface area contributed by atoms with Gasteiger partial charge in [0.05, 0.1) is 17.6 Å². The quantitative estimate of drug-likeness (QED) is 0.830. The number of carbonyl (C=O) groups is 1. The van der Waals surface area contributed by atoms with Crippen molar-refractivity contribution < 1.29 is 4.79 Å². The molecule has 0 spiro atoms. The van der Waals surface area contributed by atoms with Crippen molar-refractivity contribution in [3.05, 3.63) is 43.2 Å². The van der Waals surface area contributed by atoms with E-state index in [-0.39, 0.29) is 11.9 Å². The van der Waals surface area contributed by atoms with Gasteiger partial charge in [-0.2, -0.15) is 5.10 Å². The molecule has 5 heteroatoms. The van der Waals surface area contributed by atoms with Crippen LogP contribution in [0.2, 0.25) is 0 Å². The summed E-state index contributed by atoms with van der Waals surface area (Å²) in [6.45, 7) is 7.58. The number of hydrogen-bond donors (Lipinski definition) is 2. The average molecular weight is 284 g/mol. The fourth-order valence-corrected chi connectivity index (χ4v) is 2.02. The molecule has 0 fully saturated rings. The van der Waals surface area contributed by atoms with Crippen molar-refractivity contribution in [2.75, 3.05) is 10.6 Å². The highest BCUT2D eigenvalue weighted by Crippen LogP contribution is 2.29. The van der Waals surface area contributed by atoms with Gasteiger partial charge in [0.1, 0.15) is 0 Å². The molecule has 110 valence electrons.